The van der Waals surface area contributed by atoms with Gasteiger partial charge in [-0.2, -0.15) is 0 Å². The number of hydrogen-bond acceptors (Lipinski definition) is 3. The summed E-state index contributed by atoms with van der Waals surface area (Å²) in [5.74, 6) is 3.41. The molecule has 1 aromatic carbocycles. The Hall–Kier alpha value is -1.06. The Labute approximate surface area is 133 Å². The van der Waals surface area contributed by atoms with E-state index in [-0.39, 0.29) is 0 Å². The van der Waals surface area contributed by atoms with Gasteiger partial charge in [-0.25, -0.2) is 0 Å². The fourth-order valence-electron chi connectivity index (χ4n) is 4.19. The average Bonchev–Trinajstić information content (AvgIpc) is 3.26. The molecule has 1 saturated heterocycles. The lowest BCUT2D eigenvalue weighted by atomic mass is 9.78. The molecule has 1 heterocycles. The summed E-state index contributed by atoms with van der Waals surface area (Å²) in [5, 5.41) is 0. The topological polar surface area (TPSA) is 38.5 Å². The molecule has 3 unspecified atom stereocenters. The van der Waals surface area contributed by atoms with E-state index in [2.05, 4.69) is 29.2 Å². The van der Waals surface area contributed by atoms with Gasteiger partial charge in [0.05, 0.1) is 6.61 Å². The van der Waals surface area contributed by atoms with E-state index in [0.717, 1.165) is 36.7 Å². The SMILES string of the molecule is NC1CCCC2CN(Cc3ccc(OCC4CC4)cc3)CC12. The third-order valence-electron chi connectivity index (χ3n) is 5.74. The fraction of sp³-hybridized carbons (Fsp3) is 0.684. The van der Waals surface area contributed by atoms with Gasteiger partial charge in [-0.3, -0.25) is 4.90 Å². The smallest absolute Gasteiger partial charge is 0.119 e. The number of likely N-dealkylation sites (tertiary alicyclic amines) is 1. The lowest BCUT2D eigenvalue weighted by Crippen LogP contribution is -2.38. The first-order chi connectivity index (χ1) is 10.8. The van der Waals surface area contributed by atoms with Crippen molar-refractivity contribution in [3.05, 3.63) is 29.8 Å². The van der Waals surface area contributed by atoms with Crippen LogP contribution in [0.2, 0.25) is 0 Å². The van der Waals surface area contributed by atoms with E-state index >= 15 is 0 Å². The van der Waals surface area contributed by atoms with Crippen LogP contribution in [0.5, 0.6) is 5.75 Å². The van der Waals surface area contributed by atoms with Gasteiger partial charge in [0.15, 0.2) is 0 Å². The molecular weight excluding hydrogens is 272 g/mol. The van der Waals surface area contributed by atoms with Crippen molar-refractivity contribution in [3.8, 4) is 5.75 Å². The van der Waals surface area contributed by atoms with Crippen molar-refractivity contribution in [2.45, 2.75) is 44.7 Å². The van der Waals surface area contributed by atoms with Crippen molar-refractivity contribution in [3.63, 3.8) is 0 Å². The van der Waals surface area contributed by atoms with Crippen LogP contribution in [0.3, 0.4) is 0 Å². The maximum absolute atomic E-state index is 6.31. The van der Waals surface area contributed by atoms with Crippen molar-refractivity contribution < 1.29 is 4.74 Å². The number of nitrogens with two attached hydrogens (primary N) is 1. The minimum Gasteiger partial charge on any atom is -0.493 e. The molecule has 4 rings (SSSR count). The molecule has 1 aromatic rings. The summed E-state index contributed by atoms with van der Waals surface area (Å²) < 4.78 is 5.82. The summed E-state index contributed by atoms with van der Waals surface area (Å²) in [5.41, 5.74) is 7.71. The predicted molar refractivity (Wildman–Crippen MR) is 88.7 cm³/mol. The molecule has 3 nitrogen and oxygen atoms in total. The molecule has 2 saturated carbocycles. The zero-order chi connectivity index (χ0) is 14.9. The monoisotopic (exact) mass is 300 g/mol. The molecule has 120 valence electrons. The maximum atomic E-state index is 6.31. The van der Waals surface area contributed by atoms with Gasteiger partial charge < -0.3 is 10.5 Å². The average molecular weight is 300 g/mol. The lowest BCUT2D eigenvalue weighted by molar-refractivity contribution is 0.259. The van der Waals surface area contributed by atoms with Crippen LogP contribution in [0, 0.1) is 17.8 Å². The Morgan fingerprint density at radius 1 is 1.05 bits per heavy atom. The zero-order valence-electron chi connectivity index (χ0n) is 13.4. The standard InChI is InChI=1S/C19H28N2O/c20-19-3-1-2-16-11-21(12-18(16)19)10-14-6-8-17(9-7-14)22-13-15-4-5-15/h6-9,15-16,18-19H,1-5,10-13,20H2. The summed E-state index contributed by atoms with van der Waals surface area (Å²) in [4.78, 5) is 2.60. The second kappa shape index (κ2) is 6.21. The molecule has 3 fully saturated rings. The molecule has 1 aliphatic heterocycles. The van der Waals surface area contributed by atoms with Gasteiger partial charge in [-0.1, -0.05) is 18.6 Å². The third kappa shape index (κ3) is 3.31. The molecule has 0 bridgehead atoms. The molecule has 2 N–H and O–H groups in total. The molecule has 3 aliphatic rings. The Balaban J connectivity index is 1.31. The highest BCUT2D eigenvalue weighted by atomic mass is 16.5. The number of rotatable bonds is 5. The van der Waals surface area contributed by atoms with Crippen LogP contribution in [0.4, 0.5) is 0 Å². The van der Waals surface area contributed by atoms with Crippen LogP contribution in [0.1, 0.15) is 37.7 Å². The largest absolute Gasteiger partial charge is 0.493 e. The molecule has 0 radical (unpaired) electrons. The summed E-state index contributed by atoms with van der Waals surface area (Å²) >= 11 is 0. The Bertz CT molecular complexity index is 497. The molecule has 3 atom stereocenters. The van der Waals surface area contributed by atoms with Crippen molar-refractivity contribution in [2.24, 2.45) is 23.5 Å². The van der Waals surface area contributed by atoms with Gasteiger partial charge >= 0.3 is 0 Å². The van der Waals surface area contributed by atoms with Crippen molar-refractivity contribution in [2.75, 3.05) is 19.7 Å². The van der Waals surface area contributed by atoms with Crippen LogP contribution in [0.25, 0.3) is 0 Å². The van der Waals surface area contributed by atoms with Crippen LogP contribution in [-0.4, -0.2) is 30.6 Å². The normalized spacial score (nSPS) is 32.0. The minimum absolute atomic E-state index is 0.432. The van der Waals surface area contributed by atoms with Gasteiger partial charge in [0, 0.05) is 25.7 Å². The van der Waals surface area contributed by atoms with Gasteiger partial charge in [-0.15, -0.1) is 0 Å². The Morgan fingerprint density at radius 2 is 1.86 bits per heavy atom. The van der Waals surface area contributed by atoms with E-state index in [1.807, 2.05) is 0 Å². The van der Waals surface area contributed by atoms with Gasteiger partial charge in [0.25, 0.3) is 0 Å². The quantitative estimate of drug-likeness (QED) is 0.908. The van der Waals surface area contributed by atoms with E-state index < -0.39 is 0 Å². The molecular formula is C19H28N2O. The highest BCUT2D eigenvalue weighted by Crippen LogP contribution is 2.36. The van der Waals surface area contributed by atoms with Crippen LogP contribution < -0.4 is 10.5 Å². The lowest BCUT2D eigenvalue weighted by Gasteiger charge is -2.29. The molecule has 0 aromatic heterocycles. The van der Waals surface area contributed by atoms with E-state index in [0.29, 0.717) is 6.04 Å². The highest BCUT2D eigenvalue weighted by molar-refractivity contribution is 5.27. The first kappa shape index (κ1) is 14.5. The fourth-order valence-corrected chi connectivity index (χ4v) is 4.19. The second-order valence-corrected chi connectivity index (χ2v) is 7.61. The number of nitrogens with zero attached hydrogens (tertiary/aromatic N) is 1. The maximum Gasteiger partial charge on any atom is 0.119 e. The molecule has 0 spiro atoms. The first-order valence-corrected chi connectivity index (χ1v) is 8.97. The van der Waals surface area contributed by atoms with Gasteiger partial charge in [0.2, 0.25) is 0 Å². The molecule has 22 heavy (non-hydrogen) atoms. The number of fused-ring (bicyclic) bond motifs is 1. The van der Waals surface area contributed by atoms with Crippen LogP contribution >= 0.6 is 0 Å². The van der Waals surface area contributed by atoms with Crippen LogP contribution in [-0.2, 0) is 6.54 Å². The highest BCUT2D eigenvalue weighted by Gasteiger charge is 2.38. The van der Waals surface area contributed by atoms with Crippen molar-refractivity contribution in [1.82, 2.24) is 4.90 Å². The van der Waals surface area contributed by atoms with Gasteiger partial charge in [0.1, 0.15) is 5.75 Å². The van der Waals surface area contributed by atoms with Gasteiger partial charge in [-0.05, 0) is 61.1 Å². The summed E-state index contributed by atoms with van der Waals surface area (Å²) in [6.45, 7) is 4.37. The third-order valence-corrected chi connectivity index (χ3v) is 5.74. The summed E-state index contributed by atoms with van der Waals surface area (Å²) in [7, 11) is 0. The summed E-state index contributed by atoms with van der Waals surface area (Å²) in [6.07, 6.45) is 6.61. The first-order valence-electron chi connectivity index (χ1n) is 8.97. The van der Waals surface area contributed by atoms with E-state index in [9.17, 15) is 0 Å². The van der Waals surface area contributed by atoms with Crippen LogP contribution in [0.15, 0.2) is 24.3 Å². The Morgan fingerprint density at radius 3 is 2.59 bits per heavy atom. The molecule has 2 aliphatic carbocycles. The minimum atomic E-state index is 0.432. The molecule has 3 heteroatoms. The second-order valence-electron chi connectivity index (χ2n) is 7.61. The number of benzene rings is 1. The number of ether oxygens (including phenoxy) is 1. The molecule has 0 amide bonds. The Kier molecular flexibility index (Phi) is 4.10. The number of hydrogen-bond donors (Lipinski definition) is 1. The predicted octanol–water partition coefficient (Wildman–Crippen LogP) is 3.03. The summed E-state index contributed by atoms with van der Waals surface area (Å²) in [6, 6.07) is 9.15. The van der Waals surface area contributed by atoms with Crippen molar-refractivity contribution >= 4 is 0 Å². The zero-order valence-corrected chi connectivity index (χ0v) is 13.4. The van der Waals surface area contributed by atoms with E-state index in [4.69, 9.17) is 10.5 Å². The van der Waals surface area contributed by atoms with E-state index in [1.54, 1.807) is 0 Å². The van der Waals surface area contributed by atoms with Crippen molar-refractivity contribution in [1.29, 1.82) is 0 Å². The van der Waals surface area contributed by atoms with E-state index in [1.165, 1.54) is 50.8 Å².